The molecule has 122 valence electrons. The molecular formula is C16H12N2O6. The van der Waals surface area contributed by atoms with Crippen LogP contribution in [0.3, 0.4) is 0 Å². The quantitative estimate of drug-likeness (QED) is 0.348. The van der Waals surface area contributed by atoms with E-state index in [1.54, 1.807) is 6.07 Å². The van der Waals surface area contributed by atoms with E-state index in [0.29, 0.717) is 11.1 Å². The van der Waals surface area contributed by atoms with Crippen LogP contribution in [0.4, 0.5) is 11.4 Å². The maximum atomic E-state index is 11.7. The molecule has 2 aromatic carbocycles. The van der Waals surface area contributed by atoms with Crippen LogP contribution < -0.4 is 0 Å². The number of carbonyl (C=O) groups excluding carboxylic acids is 1. The number of ether oxygens (including phenoxy) is 1. The summed E-state index contributed by atoms with van der Waals surface area (Å²) in [5.74, 6) is -0.675. The molecule has 8 nitrogen and oxygen atoms in total. The van der Waals surface area contributed by atoms with Crippen LogP contribution in [-0.4, -0.2) is 15.8 Å². The minimum atomic E-state index is -0.675. The van der Waals surface area contributed by atoms with Gasteiger partial charge in [-0.25, -0.2) is 4.79 Å². The topological polar surface area (TPSA) is 113 Å². The smallest absolute Gasteiger partial charge is 0.331 e. The first kappa shape index (κ1) is 16.8. The monoisotopic (exact) mass is 328 g/mol. The predicted octanol–water partition coefficient (Wildman–Crippen LogP) is 3.26. The lowest BCUT2D eigenvalue weighted by molar-refractivity contribution is -0.385. The number of benzene rings is 2. The number of esters is 1. The zero-order valence-corrected chi connectivity index (χ0v) is 12.3. The van der Waals surface area contributed by atoms with Crippen LogP contribution in [-0.2, 0) is 16.1 Å². The number of para-hydroxylation sites is 1. The molecule has 0 unspecified atom stereocenters. The van der Waals surface area contributed by atoms with Crippen molar-refractivity contribution in [1.29, 1.82) is 0 Å². The molecule has 0 spiro atoms. The summed E-state index contributed by atoms with van der Waals surface area (Å²) in [4.78, 5) is 32.0. The molecular weight excluding hydrogens is 316 g/mol. The standard InChI is InChI=1S/C16H12N2O6/c19-16(10-7-12-5-8-14(9-6-12)17(20)21)24-11-13-3-1-2-4-15(13)18(22)23/h1-10H,11H2/b10-7+. The summed E-state index contributed by atoms with van der Waals surface area (Å²) in [5.41, 5.74) is 0.707. The largest absolute Gasteiger partial charge is 0.457 e. The van der Waals surface area contributed by atoms with E-state index < -0.39 is 15.8 Å². The van der Waals surface area contributed by atoms with Crippen LogP contribution in [0.5, 0.6) is 0 Å². The summed E-state index contributed by atoms with van der Waals surface area (Å²) in [6.07, 6.45) is 2.58. The molecule has 2 rings (SSSR count). The Morgan fingerprint density at radius 3 is 2.29 bits per heavy atom. The highest BCUT2D eigenvalue weighted by Gasteiger charge is 2.13. The molecule has 0 saturated heterocycles. The minimum Gasteiger partial charge on any atom is -0.457 e. The van der Waals surface area contributed by atoms with Gasteiger partial charge in [0.2, 0.25) is 0 Å². The molecule has 0 aliphatic rings. The van der Waals surface area contributed by atoms with Gasteiger partial charge in [0.05, 0.1) is 15.4 Å². The number of nitrogens with zero attached hydrogens (tertiary/aromatic N) is 2. The molecule has 0 atom stereocenters. The number of hydrogen-bond donors (Lipinski definition) is 0. The Kier molecular flexibility index (Phi) is 5.35. The van der Waals surface area contributed by atoms with E-state index in [1.807, 2.05) is 0 Å². The lowest BCUT2D eigenvalue weighted by Gasteiger charge is -2.03. The molecule has 0 heterocycles. The van der Waals surface area contributed by atoms with E-state index in [4.69, 9.17) is 4.74 Å². The average molecular weight is 328 g/mol. The van der Waals surface area contributed by atoms with Crippen molar-refractivity contribution >= 4 is 23.4 Å². The maximum Gasteiger partial charge on any atom is 0.331 e. The molecule has 24 heavy (non-hydrogen) atoms. The highest BCUT2D eigenvalue weighted by Crippen LogP contribution is 2.18. The first-order chi connectivity index (χ1) is 11.5. The van der Waals surface area contributed by atoms with Gasteiger partial charge in [-0.2, -0.15) is 0 Å². The van der Waals surface area contributed by atoms with E-state index in [9.17, 15) is 25.0 Å². The molecule has 0 radical (unpaired) electrons. The van der Waals surface area contributed by atoms with Crippen molar-refractivity contribution in [2.75, 3.05) is 0 Å². The van der Waals surface area contributed by atoms with Crippen molar-refractivity contribution in [3.05, 3.63) is 86.0 Å². The lowest BCUT2D eigenvalue weighted by atomic mass is 10.2. The molecule has 0 aliphatic heterocycles. The Balaban J connectivity index is 1.96. The molecule has 0 saturated carbocycles. The van der Waals surface area contributed by atoms with Crippen molar-refractivity contribution in [1.82, 2.24) is 0 Å². The third kappa shape index (κ3) is 4.47. The molecule has 0 fully saturated rings. The number of nitro groups is 2. The summed E-state index contributed by atoms with van der Waals surface area (Å²) in [6, 6.07) is 11.6. The number of hydrogen-bond acceptors (Lipinski definition) is 6. The lowest BCUT2D eigenvalue weighted by Crippen LogP contribution is -2.03. The van der Waals surface area contributed by atoms with Crippen molar-refractivity contribution in [2.45, 2.75) is 6.61 Å². The van der Waals surface area contributed by atoms with Crippen LogP contribution in [0, 0.1) is 20.2 Å². The van der Waals surface area contributed by atoms with Crippen LogP contribution in [0.1, 0.15) is 11.1 Å². The van der Waals surface area contributed by atoms with Gasteiger partial charge < -0.3 is 4.74 Å². The van der Waals surface area contributed by atoms with Gasteiger partial charge in [0.25, 0.3) is 11.4 Å². The van der Waals surface area contributed by atoms with E-state index in [0.717, 1.165) is 6.08 Å². The molecule has 0 aromatic heterocycles. The average Bonchev–Trinajstić information content (AvgIpc) is 2.58. The van der Waals surface area contributed by atoms with Gasteiger partial charge in [-0.3, -0.25) is 20.2 Å². The van der Waals surface area contributed by atoms with Gasteiger partial charge in [-0.05, 0) is 29.8 Å². The molecule has 0 aliphatic carbocycles. The second-order valence-corrected chi connectivity index (χ2v) is 4.68. The Labute approximate surface area is 136 Å². The predicted molar refractivity (Wildman–Crippen MR) is 85.0 cm³/mol. The van der Waals surface area contributed by atoms with Crippen LogP contribution in [0.25, 0.3) is 6.08 Å². The third-order valence-corrected chi connectivity index (χ3v) is 3.07. The molecule has 0 bridgehead atoms. The van der Waals surface area contributed by atoms with E-state index in [2.05, 4.69) is 0 Å². The van der Waals surface area contributed by atoms with Crippen molar-refractivity contribution in [2.24, 2.45) is 0 Å². The van der Waals surface area contributed by atoms with Gasteiger partial charge in [0.15, 0.2) is 0 Å². The summed E-state index contributed by atoms with van der Waals surface area (Å²) < 4.78 is 4.96. The maximum absolute atomic E-state index is 11.7. The molecule has 0 amide bonds. The minimum absolute atomic E-state index is 0.0499. The van der Waals surface area contributed by atoms with Gasteiger partial charge >= 0.3 is 5.97 Å². The highest BCUT2D eigenvalue weighted by molar-refractivity contribution is 5.87. The molecule has 2 aromatic rings. The zero-order chi connectivity index (χ0) is 17.5. The summed E-state index contributed by atoms with van der Waals surface area (Å²) in [6.45, 7) is -0.222. The highest BCUT2D eigenvalue weighted by atomic mass is 16.6. The van der Waals surface area contributed by atoms with Crippen molar-refractivity contribution in [3.63, 3.8) is 0 Å². The SMILES string of the molecule is O=C(/C=C/c1ccc([N+](=O)[O-])cc1)OCc1ccccc1[N+](=O)[O-]. The first-order valence-electron chi connectivity index (χ1n) is 6.79. The molecule has 0 N–H and O–H groups in total. The Morgan fingerprint density at radius 1 is 1.00 bits per heavy atom. The number of nitro benzene ring substituents is 2. The fourth-order valence-electron chi connectivity index (χ4n) is 1.88. The van der Waals surface area contributed by atoms with E-state index >= 15 is 0 Å². The normalized spacial score (nSPS) is 10.5. The van der Waals surface area contributed by atoms with Crippen molar-refractivity contribution < 1.29 is 19.4 Å². The fraction of sp³-hybridized carbons (Fsp3) is 0.0625. The van der Waals surface area contributed by atoms with Gasteiger partial charge in [0.1, 0.15) is 6.61 Å². The summed E-state index contributed by atoms with van der Waals surface area (Å²) >= 11 is 0. The second-order valence-electron chi connectivity index (χ2n) is 4.68. The number of rotatable bonds is 6. The van der Waals surface area contributed by atoms with E-state index in [-0.39, 0.29) is 18.0 Å². The summed E-state index contributed by atoms with van der Waals surface area (Å²) in [5, 5.41) is 21.4. The van der Waals surface area contributed by atoms with Crippen molar-refractivity contribution in [3.8, 4) is 0 Å². The second kappa shape index (κ2) is 7.63. The Bertz CT molecular complexity index is 798. The molecule has 8 heteroatoms. The summed E-state index contributed by atoms with van der Waals surface area (Å²) in [7, 11) is 0. The van der Waals surface area contributed by atoms with Gasteiger partial charge in [-0.15, -0.1) is 0 Å². The fourth-order valence-corrected chi connectivity index (χ4v) is 1.88. The number of carbonyl (C=O) groups is 1. The Hall–Kier alpha value is -3.55. The zero-order valence-electron chi connectivity index (χ0n) is 12.3. The van der Waals surface area contributed by atoms with Crippen LogP contribution >= 0.6 is 0 Å². The first-order valence-corrected chi connectivity index (χ1v) is 6.79. The van der Waals surface area contributed by atoms with Crippen LogP contribution in [0.15, 0.2) is 54.6 Å². The third-order valence-electron chi connectivity index (χ3n) is 3.07. The van der Waals surface area contributed by atoms with Gasteiger partial charge in [-0.1, -0.05) is 12.1 Å². The number of non-ortho nitro benzene ring substituents is 1. The van der Waals surface area contributed by atoms with Gasteiger partial charge in [0, 0.05) is 24.3 Å². The Morgan fingerprint density at radius 2 is 1.67 bits per heavy atom. The van der Waals surface area contributed by atoms with E-state index in [1.165, 1.54) is 48.5 Å². The van der Waals surface area contributed by atoms with Crippen LogP contribution in [0.2, 0.25) is 0 Å².